The third-order valence-electron chi connectivity index (χ3n) is 1.59. The maximum Gasteiger partial charge on any atom is 0.186 e. The minimum Gasteiger partial charge on any atom is -0.375 e. The standard InChI is InChI=1S/C7H9N5S2/c1-12-7(9-4-10-12)14-3-5-2-13-6(8)11-5/h2,4H,3H2,1H3,(H2,8,11). The van der Waals surface area contributed by atoms with E-state index < -0.39 is 0 Å². The lowest BCUT2D eigenvalue weighted by molar-refractivity contribution is 0.685. The van der Waals surface area contributed by atoms with Gasteiger partial charge in [-0.15, -0.1) is 11.3 Å². The molecule has 2 aromatic heterocycles. The fraction of sp³-hybridized carbons (Fsp3) is 0.286. The zero-order valence-electron chi connectivity index (χ0n) is 7.54. The fourth-order valence-corrected chi connectivity index (χ4v) is 2.39. The molecule has 0 spiro atoms. The maximum absolute atomic E-state index is 5.52. The van der Waals surface area contributed by atoms with E-state index in [1.54, 1.807) is 16.4 Å². The molecule has 2 heterocycles. The summed E-state index contributed by atoms with van der Waals surface area (Å²) in [6, 6.07) is 0. The van der Waals surface area contributed by atoms with Crippen LogP contribution in [0.5, 0.6) is 0 Å². The highest BCUT2D eigenvalue weighted by Gasteiger charge is 2.04. The predicted molar refractivity (Wildman–Crippen MR) is 57.1 cm³/mol. The van der Waals surface area contributed by atoms with Gasteiger partial charge in [0.05, 0.1) is 5.69 Å². The van der Waals surface area contributed by atoms with E-state index >= 15 is 0 Å². The molecule has 0 atom stereocenters. The van der Waals surface area contributed by atoms with Crippen LogP contribution in [0.3, 0.4) is 0 Å². The molecule has 0 saturated carbocycles. The second-order valence-corrected chi connectivity index (χ2v) is 4.46. The van der Waals surface area contributed by atoms with E-state index in [0.29, 0.717) is 5.13 Å². The third-order valence-corrected chi connectivity index (χ3v) is 3.38. The van der Waals surface area contributed by atoms with Crippen molar-refractivity contribution in [1.29, 1.82) is 0 Å². The number of rotatable bonds is 3. The lowest BCUT2D eigenvalue weighted by Crippen LogP contribution is -1.93. The van der Waals surface area contributed by atoms with Gasteiger partial charge in [0.2, 0.25) is 0 Å². The average molecular weight is 227 g/mol. The van der Waals surface area contributed by atoms with Gasteiger partial charge < -0.3 is 5.73 Å². The topological polar surface area (TPSA) is 69.6 Å². The monoisotopic (exact) mass is 227 g/mol. The lowest BCUT2D eigenvalue weighted by Gasteiger charge is -1.96. The Kier molecular flexibility index (Phi) is 2.69. The van der Waals surface area contributed by atoms with Crippen LogP contribution in [0.2, 0.25) is 0 Å². The number of aromatic nitrogens is 4. The maximum atomic E-state index is 5.52. The third kappa shape index (κ3) is 2.05. The Morgan fingerprint density at radius 1 is 1.64 bits per heavy atom. The molecule has 0 aliphatic carbocycles. The Balaban J connectivity index is 1.98. The Bertz CT molecular complexity index is 421. The molecule has 2 aromatic rings. The van der Waals surface area contributed by atoms with Crippen LogP contribution in [0.4, 0.5) is 5.13 Å². The number of thiazole rings is 1. The molecule has 0 aromatic carbocycles. The zero-order valence-corrected chi connectivity index (χ0v) is 9.18. The molecule has 0 bridgehead atoms. The summed E-state index contributed by atoms with van der Waals surface area (Å²) in [5.41, 5.74) is 6.51. The Morgan fingerprint density at radius 2 is 2.50 bits per heavy atom. The summed E-state index contributed by atoms with van der Waals surface area (Å²) in [7, 11) is 1.87. The van der Waals surface area contributed by atoms with Crippen molar-refractivity contribution in [3.8, 4) is 0 Å². The second kappa shape index (κ2) is 3.97. The lowest BCUT2D eigenvalue weighted by atomic mass is 10.6. The number of nitrogen functional groups attached to an aromatic ring is 1. The van der Waals surface area contributed by atoms with Gasteiger partial charge in [0.25, 0.3) is 0 Å². The van der Waals surface area contributed by atoms with E-state index in [4.69, 9.17) is 5.73 Å². The van der Waals surface area contributed by atoms with Crippen LogP contribution in [0.1, 0.15) is 5.69 Å². The van der Waals surface area contributed by atoms with Crippen LogP contribution in [0.15, 0.2) is 16.9 Å². The first kappa shape index (κ1) is 9.47. The number of hydrogen-bond donors (Lipinski definition) is 1. The summed E-state index contributed by atoms with van der Waals surface area (Å²) in [5, 5.41) is 7.43. The number of hydrogen-bond acceptors (Lipinski definition) is 6. The minimum atomic E-state index is 0.610. The molecule has 0 fully saturated rings. The van der Waals surface area contributed by atoms with Gasteiger partial charge in [0, 0.05) is 18.2 Å². The van der Waals surface area contributed by atoms with Gasteiger partial charge in [-0.3, -0.25) is 0 Å². The Labute approximate surface area is 89.4 Å². The molecule has 2 rings (SSSR count). The highest BCUT2D eigenvalue weighted by Crippen LogP contribution is 2.21. The number of anilines is 1. The van der Waals surface area contributed by atoms with Crippen molar-refractivity contribution < 1.29 is 0 Å². The number of nitrogens with zero attached hydrogens (tertiary/aromatic N) is 4. The molecule has 7 heteroatoms. The first-order valence-corrected chi connectivity index (χ1v) is 5.79. The molecule has 0 amide bonds. The molecule has 0 saturated heterocycles. The van der Waals surface area contributed by atoms with E-state index in [2.05, 4.69) is 15.1 Å². The summed E-state index contributed by atoms with van der Waals surface area (Å²) in [6.07, 6.45) is 1.54. The second-order valence-electron chi connectivity index (χ2n) is 2.63. The Morgan fingerprint density at radius 3 is 3.07 bits per heavy atom. The molecular formula is C7H9N5S2. The van der Waals surface area contributed by atoms with Crippen molar-refractivity contribution in [3.63, 3.8) is 0 Å². The highest BCUT2D eigenvalue weighted by molar-refractivity contribution is 7.98. The number of nitrogens with two attached hydrogens (primary N) is 1. The van der Waals surface area contributed by atoms with Crippen LogP contribution >= 0.6 is 23.1 Å². The summed E-state index contributed by atoms with van der Waals surface area (Å²) in [5.74, 6) is 0.778. The molecule has 2 N–H and O–H groups in total. The fourth-order valence-electron chi connectivity index (χ4n) is 0.944. The van der Waals surface area contributed by atoms with Gasteiger partial charge in [-0.1, -0.05) is 11.8 Å². The van der Waals surface area contributed by atoms with Gasteiger partial charge in [0.15, 0.2) is 10.3 Å². The molecule has 0 aliphatic heterocycles. The molecule has 14 heavy (non-hydrogen) atoms. The van der Waals surface area contributed by atoms with Crippen molar-refractivity contribution in [1.82, 2.24) is 19.7 Å². The SMILES string of the molecule is Cn1ncnc1SCc1csc(N)n1. The van der Waals surface area contributed by atoms with Crippen molar-refractivity contribution in [3.05, 3.63) is 17.4 Å². The van der Waals surface area contributed by atoms with Crippen molar-refractivity contribution >= 4 is 28.2 Å². The summed E-state index contributed by atoms with van der Waals surface area (Å²) in [4.78, 5) is 8.25. The van der Waals surface area contributed by atoms with Gasteiger partial charge >= 0.3 is 0 Å². The van der Waals surface area contributed by atoms with Crippen molar-refractivity contribution in [2.45, 2.75) is 10.9 Å². The van der Waals surface area contributed by atoms with Crippen LogP contribution < -0.4 is 5.73 Å². The van der Waals surface area contributed by atoms with Crippen LogP contribution in [0.25, 0.3) is 0 Å². The molecule has 0 aliphatic rings. The van der Waals surface area contributed by atoms with E-state index in [1.807, 2.05) is 12.4 Å². The molecule has 0 unspecified atom stereocenters. The van der Waals surface area contributed by atoms with E-state index in [-0.39, 0.29) is 0 Å². The van der Waals surface area contributed by atoms with Gasteiger partial charge in [-0.05, 0) is 0 Å². The summed E-state index contributed by atoms with van der Waals surface area (Å²) >= 11 is 3.05. The molecular weight excluding hydrogens is 218 g/mol. The minimum absolute atomic E-state index is 0.610. The summed E-state index contributed by atoms with van der Waals surface area (Å²) in [6.45, 7) is 0. The van der Waals surface area contributed by atoms with E-state index in [0.717, 1.165) is 16.6 Å². The van der Waals surface area contributed by atoms with Crippen molar-refractivity contribution in [2.24, 2.45) is 7.05 Å². The van der Waals surface area contributed by atoms with Crippen LogP contribution in [-0.4, -0.2) is 19.7 Å². The molecule has 74 valence electrons. The average Bonchev–Trinajstić information content (AvgIpc) is 2.72. The first-order chi connectivity index (χ1) is 6.75. The smallest absolute Gasteiger partial charge is 0.186 e. The van der Waals surface area contributed by atoms with Gasteiger partial charge in [0.1, 0.15) is 6.33 Å². The number of aryl methyl sites for hydroxylation is 1. The van der Waals surface area contributed by atoms with Crippen LogP contribution in [-0.2, 0) is 12.8 Å². The first-order valence-electron chi connectivity index (χ1n) is 3.92. The van der Waals surface area contributed by atoms with E-state index in [9.17, 15) is 0 Å². The Hall–Kier alpha value is -1.08. The number of thioether (sulfide) groups is 1. The zero-order chi connectivity index (χ0) is 9.97. The van der Waals surface area contributed by atoms with E-state index in [1.165, 1.54) is 17.7 Å². The quantitative estimate of drug-likeness (QED) is 0.796. The van der Waals surface area contributed by atoms with Crippen molar-refractivity contribution in [2.75, 3.05) is 5.73 Å². The largest absolute Gasteiger partial charge is 0.375 e. The van der Waals surface area contributed by atoms with Crippen LogP contribution in [0, 0.1) is 0 Å². The molecule has 0 radical (unpaired) electrons. The normalized spacial score (nSPS) is 10.6. The highest BCUT2D eigenvalue weighted by atomic mass is 32.2. The summed E-state index contributed by atoms with van der Waals surface area (Å²) < 4.78 is 1.74. The molecule has 5 nitrogen and oxygen atoms in total. The predicted octanol–water partition coefficient (Wildman–Crippen LogP) is 1.15. The van der Waals surface area contributed by atoms with Gasteiger partial charge in [-0.2, -0.15) is 5.10 Å². The van der Waals surface area contributed by atoms with Gasteiger partial charge in [-0.25, -0.2) is 14.6 Å².